The summed E-state index contributed by atoms with van der Waals surface area (Å²) in [5.74, 6) is -3.16. The Bertz CT molecular complexity index is 1550. The molecule has 0 aromatic carbocycles. The molecule has 0 spiro atoms. The number of aliphatic hydroxyl groups is 2. The van der Waals surface area contributed by atoms with Crippen molar-refractivity contribution in [1.82, 2.24) is 0 Å². The summed E-state index contributed by atoms with van der Waals surface area (Å²) < 4.78 is 28.4. The van der Waals surface area contributed by atoms with E-state index in [0.717, 1.165) is 141 Å². The number of allylic oxidation sites excluding steroid dienone is 12. The second kappa shape index (κ2) is 49.1. The first-order chi connectivity index (χ1) is 35.6. The van der Waals surface area contributed by atoms with Gasteiger partial charge in [0.15, 0.2) is 24.6 Å². The molecule has 0 radical (unpaired) electrons. The third-order valence-electron chi connectivity index (χ3n) is 12.7. The van der Waals surface area contributed by atoms with Gasteiger partial charge in [-0.05, 0) is 103 Å². The molecule has 0 bridgehead atoms. The molecular formula is C61H102O12. The van der Waals surface area contributed by atoms with Crippen molar-refractivity contribution < 1.29 is 58.2 Å². The number of rotatable bonds is 48. The van der Waals surface area contributed by atoms with Crippen LogP contribution in [0.4, 0.5) is 0 Å². The van der Waals surface area contributed by atoms with Crippen LogP contribution in [0.15, 0.2) is 72.9 Å². The molecule has 0 aliphatic carbocycles. The summed E-state index contributed by atoms with van der Waals surface area (Å²) in [4.78, 5) is 51.0. The Kier molecular flexibility index (Phi) is 45.1. The van der Waals surface area contributed by atoms with E-state index in [9.17, 15) is 34.5 Å². The first kappa shape index (κ1) is 67.2. The van der Waals surface area contributed by atoms with Gasteiger partial charge in [-0.1, -0.05) is 190 Å². The van der Waals surface area contributed by atoms with Crippen LogP contribution < -0.4 is 0 Å². The number of aliphatic hydroxyl groups excluding tert-OH is 2. The summed E-state index contributed by atoms with van der Waals surface area (Å²) in [6, 6.07) is 0. The van der Waals surface area contributed by atoms with Crippen LogP contribution >= 0.6 is 0 Å². The largest absolute Gasteiger partial charge is 0.479 e. The summed E-state index contributed by atoms with van der Waals surface area (Å²) in [5, 5.41) is 31.4. The van der Waals surface area contributed by atoms with Crippen molar-refractivity contribution in [3.05, 3.63) is 72.9 Å². The van der Waals surface area contributed by atoms with E-state index in [1.165, 1.54) is 38.5 Å². The average Bonchev–Trinajstić information content (AvgIpc) is 3.37. The SMILES string of the molecule is CC/C=C\C/C=C\C/C=C\CCCCCCCCCC(=O)OCC(COC1OC(C(=O)O)C(O)C(O)C1OC(=O)CCCCCCC/C=C\C/C=C\CCCCC)OC(=O)CCCCCCC/C=C\CCCC. The Morgan fingerprint density at radius 1 is 0.466 bits per heavy atom. The molecule has 1 saturated heterocycles. The Labute approximate surface area is 442 Å². The van der Waals surface area contributed by atoms with E-state index in [2.05, 4.69) is 93.7 Å². The van der Waals surface area contributed by atoms with E-state index in [1.54, 1.807) is 0 Å². The fourth-order valence-corrected chi connectivity index (χ4v) is 8.27. The predicted molar refractivity (Wildman–Crippen MR) is 294 cm³/mol. The number of hydrogen-bond acceptors (Lipinski definition) is 11. The molecule has 418 valence electrons. The van der Waals surface area contributed by atoms with Crippen molar-refractivity contribution in [2.45, 2.75) is 276 Å². The minimum Gasteiger partial charge on any atom is -0.479 e. The molecule has 3 N–H and O–H groups in total. The van der Waals surface area contributed by atoms with Crippen LogP contribution in [0.5, 0.6) is 0 Å². The molecule has 1 fully saturated rings. The van der Waals surface area contributed by atoms with E-state index < -0.39 is 67.3 Å². The Morgan fingerprint density at radius 3 is 1.37 bits per heavy atom. The lowest BCUT2D eigenvalue weighted by atomic mass is 9.98. The van der Waals surface area contributed by atoms with Gasteiger partial charge in [-0.3, -0.25) is 14.4 Å². The van der Waals surface area contributed by atoms with Gasteiger partial charge in [0.05, 0.1) is 6.61 Å². The van der Waals surface area contributed by atoms with Gasteiger partial charge in [-0.15, -0.1) is 0 Å². The lowest BCUT2D eigenvalue weighted by Gasteiger charge is -2.40. The maximum atomic E-state index is 13.1. The molecule has 0 saturated carbocycles. The fourth-order valence-electron chi connectivity index (χ4n) is 8.27. The molecule has 0 aromatic heterocycles. The van der Waals surface area contributed by atoms with Crippen LogP contribution in [-0.2, 0) is 42.9 Å². The van der Waals surface area contributed by atoms with Crippen molar-refractivity contribution in [3.63, 3.8) is 0 Å². The highest BCUT2D eigenvalue weighted by molar-refractivity contribution is 5.74. The molecule has 0 amide bonds. The van der Waals surface area contributed by atoms with Crippen LogP contribution in [0.25, 0.3) is 0 Å². The number of esters is 3. The van der Waals surface area contributed by atoms with Crippen molar-refractivity contribution in [1.29, 1.82) is 0 Å². The molecule has 1 heterocycles. The molecule has 1 aliphatic heterocycles. The maximum Gasteiger partial charge on any atom is 0.335 e. The Balaban J connectivity index is 2.69. The fraction of sp³-hybridized carbons (Fsp3) is 0.738. The number of unbranched alkanes of at least 4 members (excludes halogenated alkanes) is 22. The monoisotopic (exact) mass is 1030 g/mol. The highest BCUT2D eigenvalue weighted by Gasteiger charge is 2.50. The van der Waals surface area contributed by atoms with Crippen molar-refractivity contribution in [2.75, 3.05) is 13.2 Å². The zero-order chi connectivity index (χ0) is 53.3. The van der Waals surface area contributed by atoms with Crippen molar-refractivity contribution in [3.8, 4) is 0 Å². The highest BCUT2D eigenvalue weighted by atomic mass is 16.7. The van der Waals surface area contributed by atoms with Gasteiger partial charge in [0, 0.05) is 19.3 Å². The molecule has 12 nitrogen and oxygen atoms in total. The molecule has 1 aliphatic rings. The van der Waals surface area contributed by atoms with Crippen LogP contribution in [0.1, 0.15) is 239 Å². The minimum atomic E-state index is -1.91. The van der Waals surface area contributed by atoms with E-state index in [1.807, 2.05) is 0 Å². The van der Waals surface area contributed by atoms with Crippen LogP contribution in [0, 0.1) is 0 Å². The van der Waals surface area contributed by atoms with Gasteiger partial charge in [-0.25, -0.2) is 4.79 Å². The minimum absolute atomic E-state index is 0.0411. The van der Waals surface area contributed by atoms with Gasteiger partial charge in [0.25, 0.3) is 0 Å². The van der Waals surface area contributed by atoms with Crippen LogP contribution in [0.2, 0.25) is 0 Å². The zero-order valence-electron chi connectivity index (χ0n) is 45.9. The molecule has 73 heavy (non-hydrogen) atoms. The van der Waals surface area contributed by atoms with E-state index in [4.69, 9.17) is 23.7 Å². The topological polar surface area (TPSA) is 175 Å². The summed E-state index contributed by atoms with van der Waals surface area (Å²) in [6.07, 6.45) is 48.7. The zero-order valence-corrected chi connectivity index (χ0v) is 45.9. The number of ether oxygens (including phenoxy) is 5. The van der Waals surface area contributed by atoms with Gasteiger partial charge in [0.1, 0.15) is 18.8 Å². The van der Waals surface area contributed by atoms with Crippen molar-refractivity contribution >= 4 is 23.9 Å². The standard InChI is InChI=1S/C61H102O12/c1-4-7-10-13-16-19-22-24-26-27-29-30-33-35-38-41-44-47-53(62)69-50-52(71-54(63)48-45-42-39-36-32-21-18-15-12-9-6-3)51-70-61-59(57(66)56(65)58(73-61)60(67)68)72-55(64)49-46-43-40-37-34-31-28-25-23-20-17-14-11-8-5-2/h7,10,15-20,24-26,28,52,56-59,61,65-66H,4-6,8-9,11-14,21-23,27,29-51H2,1-3H3,(H,67,68)/b10-7-,18-15-,19-16-,20-17-,26-24-,28-25-. The molecule has 6 unspecified atom stereocenters. The quantitative estimate of drug-likeness (QED) is 0.0228. The average molecular weight is 1030 g/mol. The first-order valence-corrected chi connectivity index (χ1v) is 28.9. The molecule has 6 atom stereocenters. The van der Waals surface area contributed by atoms with Gasteiger partial charge < -0.3 is 39.0 Å². The molecule has 1 rings (SSSR count). The van der Waals surface area contributed by atoms with Crippen molar-refractivity contribution in [2.24, 2.45) is 0 Å². The molecule has 12 heteroatoms. The van der Waals surface area contributed by atoms with Gasteiger partial charge in [-0.2, -0.15) is 0 Å². The summed E-state index contributed by atoms with van der Waals surface area (Å²) in [7, 11) is 0. The molecule has 0 aromatic rings. The first-order valence-electron chi connectivity index (χ1n) is 28.9. The summed E-state index contributed by atoms with van der Waals surface area (Å²) in [5.41, 5.74) is 0. The third kappa shape index (κ3) is 39.3. The second-order valence-corrected chi connectivity index (χ2v) is 19.5. The normalized spacial score (nSPS) is 18.8. The smallest absolute Gasteiger partial charge is 0.335 e. The van der Waals surface area contributed by atoms with E-state index in [0.29, 0.717) is 19.3 Å². The number of carbonyl (C=O) groups excluding carboxylic acids is 3. The van der Waals surface area contributed by atoms with Gasteiger partial charge >= 0.3 is 23.9 Å². The number of carboxylic acids is 1. The highest BCUT2D eigenvalue weighted by Crippen LogP contribution is 2.26. The number of hydrogen-bond donors (Lipinski definition) is 3. The number of carboxylic acid groups (broad SMARTS) is 1. The summed E-state index contributed by atoms with van der Waals surface area (Å²) >= 11 is 0. The van der Waals surface area contributed by atoms with E-state index >= 15 is 0 Å². The lowest BCUT2D eigenvalue weighted by molar-refractivity contribution is -0.301. The Hall–Kier alpha value is -3.84. The number of carbonyl (C=O) groups is 4. The summed E-state index contributed by atoms with van der Waals surface area (Å²) in [6.45, 7) is 5.79. The number of aliphatic carboxylic acids is 1. The van der Waals surface area contributed by atoms with Crippen LogP contribution in [0.3, 0.4) is 0 Å². The third-order valence-corrected chi connectivity index (χ3v) is 12.7. The van der Waals surface area contributed by atoms with E-state index in [-0.39, 0.29) is 25.9 Å². The maximum absolute atomic E-state index is 13.1. The Morgan fingerprint density at radius 2 is 0.877 bits per heavy atom. The van der Waals surface area contributed by atoms with Gasteiger partial charge in [0.2, 0.25) is 0 Å². The second-order valence-electron chi connectivity index (χ2n) is 19.5. The lowest BCUT2D eigenvalue weighted by Crippen LogP contribution is -2.61. The predicted octanol–water partition coefficient (Wildman–Crippen LogP) is 14.6. The van der Waals surface area contributed by atoms with Crippen LogP contribution in [-0.4, -0.2) is 89.2 Å². The molecular weight excluding hydrogens is 925 g/mol.